The zero-order chi connectivity index (χ0) is 16.0. The fourth-order valence-corrected chi connectivity index (χ4v) is 1.76. The van der Waals surface area contributed by atoms with E-state index in [1.165, 1.54) is 7.05 Å². The van der Waals surface area contributed by atoms with E-state index in [1.54, 1.807) is 6.92 Å². The van der Waals surface area contributed by atoms with Gasteiger partial charge in [0.25, 0.3) is 5.91 Å². The number of amides is 3. The van der Waals surface area contributed by atoms with Crippen LogP contribution in [-0.2, 0) is 4.79 Å². The molecule has 1 aromatic rings. The van der Waals surface area contributed by atoms with Crippen molar-refractivity contribution >= 4 is 11.9 Å². The lowest BCUT2D eigenvalue weighted by molar-refractivity contribution is -0.126. The third-order valence-electron chi connectivity index (χ3n) is 3.27. The molecule has 116 valence electrons. The summed E-state index contributed by atoms with van der Waals surface area (Å²) in [6.45, 7) is 5.58. The molecular formula is C15H23N3O3. The number of carbonyl (C=O) groups is 2. The minimum atomic E-state index is -0.756. The summed E-state index contributed by atoms with van der Waals surface area (Å²) in [5.74, 6) is 0.142. The molecule has 0 saturated heterocycles. The van der Waals surface area contributed by atoms with E-state index in [0.29, 0.717) is 5.75 Å². The molecule has 0 aliphatic rings. The molecule has 0 spiro atoms. The van der Waals surface area contributed by atoms with E-state index in [4.69, 9.17) is 4.74 Å². The average molecular weight is 293 g/mol. The lowest BCUT2D eigenvalue weighted by Crippen LogP contribution is -2.44. The number of imide groups is 1. The van der Waals surface area contributed by atoms with Crippen LogP contribution in [0.15, 0.2) is 18.2 Å². The van der Waals surface area contributed by atoms with Gasteiger partial charge in [-0.25, -0.2) is 4.79 Å². The van der Waals surface area contributed by atoms with Crippen LogP contribution in [0.3, 0.4) is 0 Å². The molecule has 0 radical (unpaired) electrons. The van der Waals surface area contributed by atoms with E-state index in [1.807, 2.05) is 32.2 Å². The number of nitrogens with one attached hydrogen (secondary N) is 3. The van der Waals surface area contributed by atoms with Crippen molar-refractivity contribution in [2.75, 3.05) is 14.1 Å². The molecule has 21 heavy (non-hydrogen) atoms. The molecule has 0 aliphatic carbocycles. The minimum absolute atomic E-state index is 0.242. The van der Waals surface area contributed by atoms with E-state index < -0.39 is 18.0 Å². The van der Waals surface area contributed by atoms with E-state index in [-0.39, 0.29) is 6.04 Å². The zero-order valence-corrected chi connectivity index (χ0v) is 13.1. The predicted octanol–water partition coefficient (Wildman–Crippen LogP) is 1.50. The number of hydrogen-bond acceptors (Lipinski definition) is 4. The van der Waals surface area contributed by atoms with Gasteiger partial charge in [0, 0.05) is 13.1 Å². The van der Waals surface area contributed by atoms with Gasteiger partial charge in [-0.1, -0.05) is 12.1 Å². The molecule has 1 aromatic carbocycles. The fourth-order valence-electron chi connectivity index (χ4n) is 1.76. The molecule has 0 heterocycles. The van der Waals surface area contributed by atoms with Gasteiger partial charge in [0.1, 0.15) is 5.75 Å². The molecule has 0 bridgehead atoms. The molecule has 0 fully saturated rings. The van der Waals surface area contributed by atoms with Crippen LogP contribution in [0.1, 0.15) is 31.0 Å². The van der Waals surface area contributed by atoms with Crippen LogP contribution >= 0.6 is 0 Å². The Hall–Kier alpha value is -2.08. The first-order chi connectivity index (χ1) is 9.88. The first kappa shape index (κ1) is 17.0. The average Bonchev–Trinajstić information content (AvgIpc) is 2.47. The Bertz CT molecular complexity index is 517. The number of aryl methyl sites for hydroxylation is 1. The number of urea groups is 1. The zero-order valence-electron chi connectivity index (χ0n) is 13.1. The fraction of sp³-hybridized carbons (Fsp3) is 0.467. The van der Waals surface area contributed by atoms with Crippen molar-refractivity contribution < 1.29 is 14.3 Å². The van der Waals surface area contributed by atoms with Crippen LogP contribution in [0.25, 0.3) is 0 Å². The summed E-state index contributed by atoms with van der Waals surface area (Å²) < 4.78 is 5.61. The molecule has 0 aromatic heterocycles. The van der Waals surface area contributed by atoms with Gasteiger partial charge < -0.3 is 15.4 Å². The van der Waals surface area contributed by atoms with Crippen molar-refractivity contribution in [3.63, 3.8) is 0 Å². The standard InChI is InChI=1S/C15H23N3O3/c1-9-8-12(10(2)16-4)6-7-13(9)21-11(3)14(19)18-15(20)17-5/h6-8,10-11,16H,1-5H3,(H2,17,18,19,20). The van der Waals surface area contributed by atoms with E-state index >= 15 is 0 Å². The van der Waals surface area contributed by atoms with Gasteiger partial charge in [-0.2, -0.15) is 0 Å². The third-order valence-corrected chi connectivity index (χ3v) is 3.27. The second-order valence-corrected chi connectivity index (χ2v) is 4.86. The molecular weight excluding hydrogens is 270 g/mol. The van der Waals surface area contributed by atoms with Crippen molar-refractivity contribution in [1.29, 1.82) is 0 Å². The Morgan fingerprint density at radius 1 is 1.19 bits per heavy atom. The summed E-state index contributed by atoms with van der Waals surface area (Å²) in [6, 6.07) is 5.49. The highest BCUT2D eigenvalue weighted by molar-refractivity contribution is 5.96. The molecule has 0 aliphatic heterocycles. The van der Waals surface area contributed by atoms with Gasteiger partial charge in [-0.3, -0.25) is 10.1 Å². The van der Waals surface area contributed by atoms with E-state index in [2.05, 4.69) is 22.9 Å². The summed E-state index contributed by atoms with van der Waals surface area (Å²) in [4.78, 5) is 22.8. The van der Waals surface area contributed by atoms with Gasteiger partial charge in [0.05, 0.1) is 0 Å². The lowest BCUT2D eigenvalue weighted by atomic mass is 10.1. The van der Waals surface area contributed by atoms with Gasteiger partial charge in [-0.05, 0) is 45.0 Å². The first-order valence-electron chi connectivity index (χ1n) is 6.86. The highest BCUT2D eigenvalue weighted by Crippen LogP contribution is 2.23. The monoisotopic (exact) mass is 293 g/mol. The SMILES string of the molecule is CNC(=O)NC(=O)C(C)Oc1ccc(C(C)NC)cc1C. The number of carbonyl (C=O) groups excluding carboxylic acids is 2. The van der Waals surface area contributed by atoms with Gasteiger partial charge in [0.2, 0.25) is 0 Å². The Balaban J connectivity index is 2.74. The van der Waals surface area contributed by atoms with Gasteiger partial charge in [0.15, 0.2) is 6.10 Å². The molecule has 1 rings (SSSR count). The number of rotatable bonds is 5. The number of hydrogen-bond donors (Lipinski definition) is 3. The molecule has 6 heteroatoms. The maximum Gasteiger partial charge on any atom is 0.321 e. The molecule has 3 N–H and O–H groups in total. The van der Waals surface area contributed by atoms with Crippen molar-refractivity contribution in [3.05, 3.63) is 29.3 Å². The van der Waals surface area contributed by atoms with Crippen LogP contribution in [0.5, 0.6) is 5.75 Å². The third kappa shape index (κ3) is 4.75. The number of ether oxygens (including phenoxy) is 1. The van der Waals surface area contributed by atoms with Crippen LogP contribution in [-0.4, -0.2) is 32.1 Å². The highest BCUT2D eigenvalue weighted by Gasteiger charge is 2.18. The summed E-state index contributed by atoms with van der Waals surface area (Å²) >= 11 is 0. The molecule has 2 atom stereocenters. The second-order valence-electron chi connectivity index (χ2n) is 4.86. The predicted molar refractivity (Wildman–Crippen MR) is 81.3 cm³/mol. The number of benzene rings is 1. The summed E-state index contributed by atoms with van der Waals surface area (Å²) in [6.07, 6.45) is -0.756. The van der Waals surface area contributed by atoms with Crippen LogP contribution in [0.4, 0.5) is 4.79 Å². The molecule has 3 amide bonds. The minimum Gasteiger partial charge on any atom is -0.481 e. The van der Waals surface area contributed by atoms with Crippen LogP contribution in [0.2, 0.25) is 0 Å². The first-order valence-corrected chi connectivity index (χ1v) is 6.86. The molecule has 0 saturated carbocycles. The van der Waals surface area contributed by atoms with Crippen molar-refractivity contribution in [2.24, 2.45) is 0 Å². The van der Waals surface area contributed by atoms with E-state index in [0.717, 1.165) is 11.1 Å². The Labute approximate surface area is 125 Å². The van der Waals surface area contributed by atoms with Crippen molar-refractivity contribution in [3.8, 4) is 5.75 Å². The smallest absolute Gasteiger partial charge is 0.321 e. The van der Waals surface area contributed by atoms with Gasteiger partial charge in [-0.15, -0.1) is 0 Å². The van der Waals surface area contributed by atoms with Crippen LogP contribution in [0, 0.1) is 6.92 Å². The van der Waals surface area contributed by atoms with Crippen LogP contribution < -0.4 is 20.7 Å². The normalized spacial score (nSPS) is 13.2. The Morgan fingerprint density at radius 3 is 2.38 bits per heavy atom. The molecule has 2 unspecified atom stereocenters. The maximum absolute atomic E-state index is 11.7. The topological polar surface area (TPSA) is 79.5 Å². The van der Waals surface area contributed by atoms with Gasteiger partial charge >= 0.3 is 6.03 Å². The lowest BCUT2D eigenvalue weighted by Gasteiger charge is -2.17. The highest BCUT2D eigenvalue weighted by atomic mass is 16.5. The maximum atomic E-state index is 11.7. The largest absolute Gasteiger partial charge is 0.481 e. The Kier molecular flexibility index (Phi) is 6.17. The molecule has 6 nitrogen and oxygen atoms in total. The summed E-state index contributed by atoms with van der Waals surface area (Å²) in [5.41, 5.74) is 2.08. The van der Waals surface area contributed by atoms with Crippen molar-refractivity contribution in [2.45, 2.75) is 32.9 Å². The second kappa shape index (κ2) is 7.64. The Morgan fingerprint density at radius 2 is 1.86 bits per heavy atom. The van der Waals surface area contributed by atoms with Crippen molar-refractivity contribution in [1.82, 2.24) is 16.0 Å². The van der Waals surface area contributed by atoms with E-state index in [9.17, 15) is 9.59 Å². The quantitative estimate of drug-likeness (QED) is 0.768. The summed E-state index contributed by atoms with van der Waals surface area (Å²) in [5, 5.41) is 7.67. The summed E-state index contributed by atoms with van der Waals surface area (Å²) in [7, 11) is 3.34.